The highest BCUT2D eigenvalue weighted by Gasteiger charge is 2.25. The van der Waals surface area contributed by atoms with E-state index in [0.717, 1.165) is 85.6 Å². The number of aromatic amines is 1. The van der Waals surface area contributed by atoms with E-state index in [0.29, 0.717) is 0 Å². The second kappa shape index (κ2) is 18.6. The van der Waals surface area contributed by atoms with E-state index >= 15 is 0 Å². The van der Waals surface area contributed by atoms with Crippen molar-refractivity contribution in [2.24, 2.45) is 5.73 Å². The van der Waals surface area contributed by atoms with E-state index in [1.807, 2.05) is 42.8 Å². The largest absolute Gasteiger partial charge is 0.405 e. The van der Waals surface area contributed by atoms with Crippen LogP contribution >= 0.6 is 0 Å². The Morgan fingerprint density at radius 2 is 1.49 bits per heavy atom. The molecular formula is C63H56N6. The molecule has 0 saturated carbocycles. The molecule has 5 heterocycles. The van der Waals surface area contributed by atoms with Crippen LogP contribution in [-0.4, -0.2) is 19.1 Å². The summed E-state index contributed by atoms with van der Waals surface area (Å²) in [6.45, 7) is 21.4. The molecule has 0 atom stereocenters. The lowest BCUT2D eigenvalue weighted by atomic mass is 9.82. The minimum atomic E-state index is 0.875. The van der Waals surface area contributed by atoms with Gasteiger partial charge in [-0.25, -0.2) is 0 Å². The van der Waals surface area contributed by atoms with Crippen molar-refractivity contribution in [1.82, 2.24) is 19.1 Å². The fraction of sp³-hybridized carbons (Fsp3) is 0.0952. The van der Waals surface area contributed by atoms with Gasteiger partial charge in [-0.2, -0.15) is 0 Å². The average Bonchev–Trinajstić information content (AvgIpc) is 4.01. The summed E-state index contributed by atoms with van der Waals surface area (Å²) in [7, 11) is 0. The molecule has 1 aliphatic heterocycles. The molecule has 0 spiro atoms. The van der Waals surface area contributed by atoms with Gasteiger partial charge in [-0.15, -0.1) is 0 Å². The molecule has 3 N–H and O–H groups in total. The van der Waals surface area contributed by atoms with E-state index in [-0.39, 0.29) is 0 Å². The van der Waals surface area contributed by atoms with Crippen LogP contribution in [0.15, 0.2) is 219 Å². The molecule has 0 amide bonds. The highest BCUT2D eigenvalue weighted by molar-refractivity contribution is 6.13. The molecule has 5 aromatic carbocycles. The molecule has 1 aliphatic carbocycles. The van der Waals surface area contributed by atoms with Gasteiger partial charge in [0.05, 0.1) is 34.1 Å². The van der Waals surface area contributed by atoms with Crippen LogP contribution in [0.25, 0.3) is 83.6 Å². The molecule has 69 heavy (non-hydrogen) atoms. The van der Waals surface area contributed by atoms with E-state index in [4.69, 9.17) is 5.73 Å². The van der Waals surface area contributed by atoms with Gasteiger partial charge in [0.1, 0.15) is 0 Å². The number of pyridine rings is 1. The third-order valence-electron chi connectivity index (χ3n) is 13.7. The first-order valence-electron chi connectivity index (χ1n) is 23.6. The van der Waals surface area contributed by atoms with Gasteiger partial charge in [0, 0.05) is 79.1 Å². The van der Waals surface area contributed by atoms with Gasteiger partial charge < -0.3 is 24.8 Å². The molecule has 338 valence electrons. The number of rotatable bonds is 6. The van der Waals surface area contributed by atoms with Crippen LogP contribution in [0, 0.1) is 6.92 Å². The summed E-state index contributed by atoms with van der Waals surface area (Å²) in [5.74, 6) is 0. The number of para-hydroxylation sites is 3. The topological polar surface area (TPSA) is 67.8 Å². The van der Waals surface area contributed by atoms with Gasteiger partial charge in [-0.3, -0.25) is 4.98 Å². The number of H-pyrrole nitrogens is 1. The fourth-order valence-corrected chi connectivity index (χ4v) is 10.1. The number of fused-ring (bicyclic) bond motifs is 10. The van der Waals surface area contributed by atoms with Crippen molar-refractivity contribution < 1.29 is 0 Å². The Morgan fingerprint density at radius 3 is 2.22 bits per heavy atom. The third kappa shape index (κ3) is 8.00. The minimum absolute atomic E-state index is 0.875. The van der Waals surface area contributed by atoms with Crippen LogP contribution in [0.3, 0.4) is 0 Å². The number of nitrogens with zero attached hydrogens (tertiary/aromatic N) is 4. The van der Waals surface area contributed by atoms with Crippen LogP contribution in [0.2, 0.25) is 0 Å². The van der Waals surface area contributed by atoms with Crippen molar-refractivity contribution in [2.45, 2.75) is 40.5 Å². The maximum atomic E-state index is 5.96. The highest BCUT2D eigenvalue weighted by atomic mass is 15.1. The molecule has 0 saturated heterocycles. The lowest BCUT2D eigenvalue weighted by molar-refractivity contribution is 0.938. The fourth-order valence-electron chi connectivity index (χ4n) is 10.1. The zero-order chi connectivity index (χ0) is 47.8. The SMILES string of the molecule is C=Cc1c(/C=C\C)n(-c2ccc3c(c2)c2cc4c(cc2n3/C(C)=C(C)/C=C\N)C2=C/N(c3cnccc3C)/C=C\C=C/C(=C)C(=C)/C=C\2CC4)c2ccccc12.c1ccc2c(c1)[nH]c1ccccc12. The molecule has 0 bridgehead atoms. The second-order valence-electron chi connectivity index (χ2n) is 17.8. The maximum Gasteiger partial charge on any atom is 0.0663 e. The van der Waals surface area contributed by atoms with Gasteiger partial charge in [0.2, 0.25) is 0 Å². The van der Waals surface area contributed by atoms with E-state index in [1.165, 1.54) is 54.7 Å². The first-order chi connectivity index (χ1) is 33.7. The van der Waals surface area contributed by atoms with Crippen LogP contribution in [-0.2, 0) is 6.42 Å². The summed E-state index contributed by atoms with van der Waals surface area (Å²) in [5, 5.41) is 6.19. The molecule has 0 radical (unpaired) electrons. The van der Waals surface area contributed by atoms with Gasteiger partial charge >= 0.3 is 0 Å². The number of benzene rings is 5. The number of nitrogens with two attached hydrogens (primary N) is 1. The van der Waals surface area contributed by atoms with Crippen molar-refractivity contribution in [3.8, 4) is 5.69 Å². The summed E-state index contributed by atoms with van der Waals surface area (Å²) < 4.78 is 4.76. The zero-order valence-electron chi connectivity index (χ0n) is 39.8. The summed E-state index contributed by atoms with van der Waals surface area (Å²) in [5.41, 5.74) is 26.2. The van der Waals surface area contributed by atoms with Crippen molar-refractivity contribution in [1.29, 1.82) is 0 Å². The molecule has 6 heteroatoms. The maximum absolute atomic E-state index is 5.96. The molecule has 11 rings (SSSR count). The minimum Gasteiger partial charge on any atom is -0.405 e. The van der Waals surface area contributed by atoms with Gasteiger partial charge in [-0.05, 0) is 159 Å². The Kier molecular flexibility index (Phi) is 11.9. The van der Waals surface area contributed by atoms with Crippen molar-refractivity contribution in [3.63, 3.8) is 0 Å². The summed E-state index contributed by atoms with van der Waals surface area (Å²) >= 11 is 0. The van der Waals surface area contributed by atoms with E-state index in [9.17, 15) is 0 Å². The van der Waals surface area contributed by atoms with Crippen LogP contribution in [0.1, 0.15) is 55.1 Å². The predicted octanol–water partition coefficient (Wildman–Crippen LogP) is 16.1. The molecule has 4 aromatic heterocycles. The standard InChI is InChI=1S/C51H47N5.C12H9N/c1-8-14-47-41(9-2)42-16-10-11-17-48(42)56(47)40-20-21-49-45(29-40)44-28-39-19-18-38-27-36(6)33(3)15-12-13-26-54(51-31-53-25-23-35(51)5)32-46(38)43(39)30-50(44)55(49)37(7)34(4)22-24-52;1-3-7-11-9(5-1)10-6-2-4-8-12(10)13-11/h8-17,20-32H,2-3,6,18-19,52H2,1,4-5,7H3;1-8,13H/b14-8-,15-12-,24-22-,26-13-,37-34+,38-27-,46-32+;. The summed E-state index contributed by atoms with van der Waals surface area (Å²) in [6, 6.07) is 39.1. The molecule has 9 aromatic rings. The number of aryl methyl sites for hydroxylation is 2. The Morgan fingerprint density at radius 1 is 0.768 bits per heavy atom. The predicted molar refractivity (Wildman–Crippen MR) is 297 cm³/mol. The average molecular weight is 897 g/mol. The third-order valence-corrected chi connectivity index (χ3v) is 13.7. The van der Waals surface area contributed by atoms with Gasteiger partial charge in [-0.1, -0.05) is 105 Å². The first-order valence-corrected chi connectivity index (χ1v) is 23.6. The number of hydrogen-bond acceptors (Lipinski definition) is 3. The van der Waals surface area contributed by atoms with Crippen molar-refractivity contribution in [2.75, 3.05) is 4.90 Å². The number of anilines is 1. The number of hydrogen-bond donors (Lipinski definition) is 2. The second-order valence-corrected chi connectivity index (χ2v) is 17.8. The van der Waals surface area contributed by atoms with Crippen LogP contribution in [0.4, 0.5) is 5.69 Å². The Balaban J connectivity index is 0.000000363. The molecule has 0 unspecified atom stereocenters. The highest BCUT2D eigenvalue weighted by Crippen LogP contribution is 2.44. The molecule has 0 fully saturated rings. The first kappa shape index (κ1) is 44.2. The van der Waals surface area contributed by atoms with Crippen LogP contribution in [0.5, 0.6) is 0 Å². The van der Waals surface area contributed by atoms with E-state index in [2.05, 4.69) is 211 Å². The number of allylic oxidation sites excluding steroid dienone is 12. The Bertz CT molecular complexity index is 3740. The molecular weight excluding hydrogens is 841 g/mol. The normalized spacial score (nSPS) is 17.0. The lowest BCUT2D eigenvalue weighted by Crippen LogP contribution is -2.13. The zero-order valence-corrected chi connectivity index (χ0v) is 39.8. The van der Waals surface area contributed by atoms with Gasteiger partial charge in [0.15, 0.2) is 0 Å². The van der Waals surface area contributed by atoms with Crippen LogP contribution < -0.4 is 10.6 Å². The quantitative estimate of drug-likeness (QED) is 0.163. The smallest absolute Gasteiger partial charge is 0.0663 e. The Hall–Kier alpha value is -8.61. The lowest BCUT2D eigenvalue weighted by Gasteiger charge is -2.27. The van der Waals surface area contributed by atoms with E-state index in [1.54, 1.807) is 6.20 Å². The number of aromatic nitrogens is 4. The molecule has 6 nitrogen and oxygen atoms in total. The van der Waals surface area contributed by atoms with E-state index < -0.39 is 0 Å². The number of nitrogens with one attached hydrogen (secondary N) is 1. The monoisotopic (exact) mass is 896 g/mol. The summed E-state index contributed by atoms with van der Waals surface area (Å²) in [4.78, 5) is 10.1. The van der Waals surface area contributed by atoms with Gasteiger partial charge in [0.25, 0.3) is 0 Å². The Labute approximate surface area is 404 Å². The van der Waals surface area contributed by atoms with Crippen molar-refractivity contribution in [3.05, 3.63) is 247 Å². The van der Waals surface area contributed by atoms with Crippen molar-refractivity contribution >= 4 is 83.6 Å². The molecule has 2 aliphatic rings. The summed E-state index contributed by atoms with van der Waals surface area (Å²) in [6.07, 6.45) is 28.1.